The molecule has 0 bridgehead atoms. The van der Waals surface area contributed by atoms with E-state index in [0.29, 0.717) is 11.5 Å². The summed E-state index contributed by atoms with van der Waals surface area (Å²) in [7, 11) is -1.81. The van der Waals surface area contributed by atoms with E-state index in [0.717, 1.165) is 17.7 Å². The van der Waals surface area contributed by atoms with Crippen molar-refractivity contribution in [2.75, 3.05) is 13.3 Å². The Labute approximate surface area is 158 Å². The molecule has 2 amide bonds. The van der Waals surface area contributed by atoms with Crippen molar-refractivity contribution in [3.05, 3.63) is 48.0 Å². The molecule has 1 aromatic rings. The molecule has 0 saturated carbocycles. The van der Waals surface area contributed by atoms with E-state index in [1.165, 1.54) is 7.11 Å². The Balaban J connectivity index is 2.14. The first-order valence-corrected chi connectivity index (χ1v) is 10.7. The monoisotopic (exact) mass is 393 g/mol. The highest BCUT2D eigenvalue weighted by molar-refractivity contribution is 7.58. The number of amides is 2. The van der Waals surface area contributed by atoms with Gasteiger partial charge in [0.1, 0.15) is 0 Å². The fourth-order valence-electron chi connectivity index (χ4n) is 2.86. The first-order chi connectivity index (χ1) is 12.7. The lowest BCUT2D eigenvalue weighted by Gasteiger charge is -2.24. The van der Waals surface area contributed by atoms with Gasteiger partial charge in [0.25, 0.3) is 11.8 Å². The van der Waals surface area contributed by atoms with Gasteiger partial charge in [-0.2, -0.15) is 0 Å². The molecule has 0 fully saturated rings. The van der Waals surface area contributed by atoms with Crippen LogP contribution in [0.25, 0.3) is 0 Å². The minimum atomic E-state index is -3.17. The second-order valence-electron chi connectivity index (χ2n) is 6.86. The minimum absolute atomic E-state index is 0.0287. The predicted molar refractivity (Wildman–Crippen MR) is 99.7 cm³/mol. The van der Waals surface area contributed by atoms with Crippen LogP contribution in [-0.4, -0.2) is 36.1 Å². The molecule has 0 aliphatic carbocycles. The molecule has 7 nitrogen and oxygen atoms in total. The predicted octanol–water partition coefficient (Wildman–Crippen LogP) is 3.16. The standard InChI is InChI=1S/C19H24NO6P/c1-14(2)11-16(19(23)26-20-17(21)9-10-18(20)22)13-27(24,25-3)12-15-7-5-4-6-8-15/h4-10,14,16H,11-13H2,1-3H3/t16-,27?/m0/s1. The summed E-state index contributed by atoms with van der Waals surface area (Å²) >= 11 is 0. The lowest BCUT2D eigenvalue weighted by Crippen LogP contribution is -2.36. The van der Waals surface area contributed by atoms with Gasteiger partial charge in [-0.1, -0.05) is 49.2 Å². The van der Waals surface area contributed by atoms with Crippen LogP contribution in [0.2, 0.25) is 0 Å². The fraction of sp³-hybridized carbons (Fsp3) is 0.421. The number of carbonyl (C=O) groups excluding carboxylic acids is 3. The number of benzene rings is 1. The van der Waals surface area contributed by atoms with Crippen LogP contribution in [0, 0.1) is 11.8 Å². The maximum atomic E-state index is 13.2. The van der Waals surface area contributed by atoms with Gasteiger partial charge < -0.3 is 9.36 Å². The molecule has 0 saturated heterocycles. The van der Waals surface area contributed by atoms with Gasteiger partial charge >= 0.3 is 5.97 Å². The van der Waals surface area contributed by atoms with Crippen LogP contribution < -0.4 is 0 Å². The average Bonchev–Trinajstić information content (AvgIpc) is 2.93. The topological polar surface area (TPSA) is 90.0 Å². The zero-order valence-electron chi connectivity index (χ0n) is 15.7. The highest BCUT2D eigenvalue weighted by Gasteiger charge is 2.36. The minimum Gasteiger partial charge on any atom is -0.332 e. The first kappa shape index (κ1) is 21.1. The summed E-state index contributed by atoms with van der Waals surface area (Å²) in [6, 6.07) is 9.22. The summed E-state index contributed by atoms with van der Waals surface area (Å²) in [6.45, 7) is 3.84. The third-order valence-corrected chi connectivity index (χ3v) is 6.65. The summed E-state index contributed by atoms with van der Waals surface area (Å²) in [6.07, 6.45) is 2.62. The van der Waals surface area contributed by atoms with Crippen molar-refractivity contribution in [2.24, 2.45) is 11.8 Å². The summed E-state index contributed by atoms with van der Waals surface area (Å²) in [4.78, 5) is 40.8. The van der Waals surface area contributed by atoms with E-state index in [2.05, 4.69) is 0 Å². The van der Waals surface area contributed by atoms with Crippen molar-refractivity contribution in [1.82, 2.24) is 5.06 Å². The lowest BCUT2D eigenvalue weighted by molar-refractivity contribution is -0.199. The summed E-state index contributed by atoms with van der Waals surface area (Å²) in [5.41, 5.74) is 0.841. The first-order valence-electron chi connectivity index (χ1n) is 8.70. The zero-order chi connectivity index (χ0) is 20.0. The Morgan fingerprint density at radius 3 is 2.22 bits per heavy atom. The van der Waals surface area contributed by atoms with E-state index in [1.54, 1.807) is 0 Å². The van der Waals surface area contributed by atoms with Gasteiger partial charge in [-0.15, -0.1) is 0 Å². The van der Waals surface area contributed by atoms with Gasteiger partial charge in [0.05, 0.1) is 5.92 Å². The molecule has 0 spiro atoms. The number of rotatable bonds is 9. The quantitative estimate of drug-likeness (QED) is 0.473. The Morgan fingerprint density at radius 2 is 1.70 bits per heavy atom. The van der Waals surface area contributed by atoms with Crippen molar-refractivity contribution < 1.29 is 28.3 Å². The number of carbonyl (C=O) groups is 3. The normalized spacial score (nSPS) is 17.3. The third-order valence-electron chi connectivity index (χ3n) is 4.14. The second-order valence-corrected chi connectivity index (χ2v) is 9.54. The van der Waals surface area contributed by atoms with Gasteiger partial charge in [0, 0.05) is 31.6 Å². The molecule has 1 heterocycles. The van der Waals surface area contributed by atoms with E-state index in [4.69, 9.17) is 9.36 Å². The molecule has 1 aromatic carbocycles. The SMILES string of the molecule is COP(=O)(Cc1ccccc1)C[C@H](CC(C)C)C(=O)ON1C(=O)C=CC1=O. The van der Waals surface area contributed by atoms with Crippen molar-refractivity contribution in [3.8, 4) is 0 Å². The van der Waals surface area contributed by atoms with Gasteiger partial charge in [-0.3, -0.25) is 14.2 Å². The van der Waals surface area contributed by atoms with Crippen LogP contribution in [-0.2, 0) is 34.5 Å². The molecule has 1 unspecified atom stereocenters. The van der Waals surface area contributed by atoms with Gasteiger partial charge in [-0.25, -0.2) is 4.79 Å². The van der Waals surface area contributed by atoms with Crippen LogP contribution in [0.5, 0.6) is 0 Å². The van der Waals surface area contributed by atoms with Crippen molar-refractivity contribution in [2.45, 2.75) is 26.4 Å². The van der Waals surface area contributed by atoms with Crippen LogP contribution in [0.4, 0.5) is 0 Å². The molecule has 0 radical (unpaired) electrons. The maximum absolute atomic E-state index is 13.2. The van der Waals surface area contributed by atoms with Crippen molar-refractivity contribution >= 4 is 25.2 Å². The van der Waals surface area contributed by atoms with E-state index in [9.17, 15) is 18.9 Å². The molecular formula is C19H24NO6P. The number of imide groups is 1. The number of hydrogen-bond acceptors (Lipinski definition) is 6. The molecule has 27 heavy (non-hydrogen) atoms. The molecular weight excluding hydrogens is 369 g/mol. The molecule has 1 aliphatic heterocycles. The van der Waals surface area contributed by atoms with E-state index in [-0.39, 0.29) is 18.2 Å². The fourth-order valence-corrected chi connectivity index (χ4v) is 5.00. The Hall–Kier alpha value is -2.24. The largest absolute Gasteiger partial charge is 0.336 e. The van der Waals surface area contributed by atoms with Crippen LogP contribution >= 0.6 is 7.37 Å². The smallest absolute Gasteiger partial charge is 0.332 e. The van der Waals surface area contributed by atoms with E-state index < -0.39 is 31.1 Å². The highest BCUT2D eigenvalue weighted by atomic mass is 31.2. The van der Waals surface area contributed by atoms with Gasteiger partial charge in [-0.05, 0) is 17.9 Å². The summed E-state index contributed by atoms with van der Waals surface area (Å²) < 4.78 is 18.5. The summed E-state index contributed by atoms with van der Waals surface area (Å²) in [5, 5.41) is 0.421. The van der Waals surface area contributed by atoms with Crippen molar-refractivity contribution in [1.29, 1.82) is 0 Å². The average molecular weight is 393 g/mol. The summed E-state index contributed by atoms with van der Waals surface area (Å²) in [5.74, 6) is -2.83. The Kier molecular flexibility index (Phi) is 7.11. The molecule has 2 rings (SSSR count). The maximum Gasteiger partial charge on any atom is 0.336 e. The Bertz CT molecular complexity index is 756. The molecule has 146 valence electrons. The Morgan fingerprint density at radius 1 is 1.11 bits per heavy atom. The number of hydroxylamine groups is 2. The van der Waals surface area contributed by atoms with Crippen LogP contribution in [0.15, 0.2) is 42.5 Å². The van der Waals surface area contributed by atoms with E-state index >= 15 is 0 Å². The van der Waals surface area contributed by atoms with Crippen LogP contribution in [0.1, 0.15) is 25.8 Å². The molecule has 8 heteroatoms. The van der Waals surface area contributed by atoms with Crippen LogP contribution in [0.3, 0.4) is 0 Å². The second kappa shape index (κ2) is 9.11. The van der Waals surface area contributed by atoms with E-state index in [1.807, 2.05) is 44.2 Å². The lowest BCUT2D eigenvalue weighted by atomic mass is 9.99. The van der Waals surface area contributed by atoms with Crippen molar-refractivity contribution in [3.63, 3.8) is 0 Å². The van der Waals surface area contributed by atoms with Gasteiger partial charge in [0.2, 0.25) is 7.37 Å². The third kappa shape index (κ3) is 5.88. The molecule has 1 aliphatic rings. The number of hydrogen-bond donors (Lipinski definition) is 0. The zero-order valence-corrected chi connectivity index (χ0v) is 16.6. The number of nitrogens with zero attached hydrogens (tertiary/aromatic N) is 1. The molecule has 0 N–H and O–H groups in total. The van der Waals surface area contributed by atoms with Gasteiger partial charge in [0.15, 0.2) is 0 Å². The molecule has 0 aromatic heterocycles. The highest BCUT2D eigenvalue weighted by Crippen LogP contribution is 2.51. The molecule has 2 atom stereocenters.